The Hall–Kier alpha value is -1.52. The molecular formula is C14H22N2O3. The summed E-state index contributed by atoms with van der Waals surface area (Å²) in [5.74, 6) is -0.926. The van der Waals surface area contributed by atoms with Crippen LogP contribution in [-0.4, -0.2) is 52.6 Å². The maximum atomic E-state index is 12.5. The van der Waals surface area contributed by atoms with Gasteiger partial charge in [0.15, 0.2) is 0 Å². The summed E-state index contributed by atoms with van der Waals surface area (Å²) < 4.78 is 0. The molecule has 0 aromatic carbocycles. The molecular weight excluding hydrogens is 244 g/mol. The average molecular weight is 266 g/mol. The standard InChI is InChI=1S/C14H22N2O3/c1-11-5-4-8-15(9-11)14(19)16(10-13(17)18)12-6-2-3-7-12/h5,12H,2-4,6-10H2,1H3,(H,17,18). The SMILES string of the molecule is CC1=CCCN(C(=O)N(CC(=O)O)C2CCCC2)C1. The van der Waals surface area contributed by atoms with E-state index >= 15 is 0 Å². The lowest BCUT2D eigenvalue weighted by atomic mass is 10.1. The van der Waals surface area contributed by atoms with Crippen LogP contribution in [-0.2, 0) is 4.79 Å². The molecule has 2 rings (SSSR count). The minimum Gasteiger partial charge on any atom is -0.480 e. The fourth-order valence-corrected chi connectivity index (χ4v) is 2.97. The average Bonchev–Trinajstić information content (AvgIpc) is 2.88. The highest BCUT2D eigenvalue weighted by Gasteiger charge is 2.31. The summed E-state index contributed by atoms with van der Waals surface area (Å²) in [5, 5.41) is 9.02. The van der Waals surface area contributed by atoms with Crippen LogP contribution in [0.3, 0.4) is 0 Å². The van der Waals surface area contributed by atoms with Gasteiger partial charge in [-0.15, -0.1) is 0 Å². The minimum absolute atomic E-state index is 0.106. The largest absolute Gasteiger partial charge is 0.480 e. The van der Waals surface area contributed by atoms with Crippen molar-refractivity contribution in [3.05, 3.63) is 11.6 Å². The number of amides is 2. The Morgan fingerprint density at radius 2 is 2.11 bits per heavy atom. The lowest BCUT2D eigenvalue weighted by Crippen LogP contribution is -2.50. The Bertz CT molecular complexity index is 386. The molecule has 5 nitrogen and oxygen atoms in total. The summed E-state index contributed by atoms with van der Waals surface area (Å²) in [6, 6.07) is -0.00318. The third-order valence-electron chi connectivity index (χ3n) is 3.92. The summed E-state index contributed by atoms with van der Waals surface area (Å²) >= 11 is 0. The first-order valence-electron chi connectivity index (χ1n) is 7.01. The predicted molar refractivity (Wildman–Crippen MR) is 71.9 cm³/mol. The second kappa shape index (κ2) is 6.08. The van der Waals surface area contributed by atoms with Crippen LogP contribution in [0.1, 0.15) is 39.0 Å². The summed E-state index contributed by atoms with van der Waals surface area (Å²) in [4.78, 5) is 26.9. The summed E-state index contributed by atoms with van der Waals surface area (Å²) in [7, 11) is 0. The molecule has 1 heterocycles. The Labute approximate surface area is 113 Å². The number of aliphatic carboxylic acids is 1. The van der Waals surface area contributed by atoms with Crippen molar-refractivity contribution in [2.75, 3.05) is 19.6 Å². The monoisotopic (exact) mass is 266 g/mol. The molecule has 1 aliphatic carbocycles. The first kappa shape index (κ1) is 13.9. The number of carboxylic acid groups (broad SMARTS) is 1. The van der Waals surface area contributed by atoms with Crippen LogP contribution in [0.15, 0.2) is 11.6 Å². The van der Waals surface area contributed by atoms with E-state index < -0.39 is 5.97 Å². The molecule has 0 unspecified atom stereocenters. The highest BCUT2D eigenvalue weighted by atomic mass is 16.4. The van der Waals surface area contributed by atoms with Crippen molar-refractivity contribution in [2.45, 2.75) is 45.1 Å². The first-order valence-corrected chi connectivity index (χ1v) is 7.01. The number of carbonyl (C=O) groups excluding carboxylic acids is 1. The van der Waals surface area contributed by atoms with E-state index in [0.717, 1.165) is 32.1 Å². The van der Waals surface area contributed by atoms with Gasteiger partial charge in [-0.25, -0.2) is 4.79 Å². The summed E-state index contributed by atoms with van der Waals surface area (Å²) in [6.45, 7) is 3.15. The van der Waals surface area contributed by atoms with Gasteiger partial charge in [-0.05, 0) is 26.2 Å². The van der Waals surface area contributed by atoms with Gasteiger partial charge in [-0.3, -0.25) is 4.79 Å². The van der Waals surface area contributed by atoms with Crippen LogP contribution in [0.25, 0.3) is 0 Å². The second-order valence-corrected chi connectivity index (χ2v) is 5.50. The number of hydrogen-bond acceptors (Lipinski definition) is 2. The van der Waals surface area contributed by atoms with Crippen LogP contribution in [0.2, 0.25) is 0 Å². The van der Waals surface area contributed by atoms with Crippen molar-refractivity contribution < 1.29 is 14.7 Å². The quantitative estimate of drug-likeness (QED) is 0.796. The fraction of sp³-hybridized carbons (Fsp3) is 0.714. The van der Waals surface area contributed by atoms with Gasteiger partial charge in [0.25, 0.3) is 0 Å². The van der Waals surface area contributed by atoms with Gasteiger partial charge in [0.05, 0.1) is 0 Å². The third kappa shape index (κ3) is 3.49. The third-order valence-corrected chi connectivity index (χ3v) is 3.92. The number of rotatable bonds is 3. The molecule has 0 aromatic rings. The normalized spacial score (nSPS) is 20.3. The molecule has 0 atom stereocenters. The molecule has 0 spiro atoms. The zero-order valence-electron chi connectivity index (χ0n) is 11.5. The second-order valence-electron chi connectivity index (χ2n) is 5.50. The fourth-order valence-electron chi connectivity index (χ4n) is 2.97. The number of hydrogen-bond donors (Lipinski definition) is 1. The molecule has 1 aliphatic heterocycles. The molecule has 0 bridgehead atoms. The van der Waals surface area contributed by atoms with Gasteiger partial charge in [0.2, 0.25) is 0 Å². The van der Waals surface area contributed by atoms with Gasteiger partial charge >= 0.3 is 12.0 Å². The Morgan fingerprint density at radius 1 is 1.42 bits per heavy atom. The maximum absolute atomic E-state index is 12.5. The van der Waals surface area contributed by atoms with Crippen LogP contribution >= 0.6 is 0 Å². The molecule has 1 fully saturated rings. The van der Waals surface area contributed by atoms with E-state index in [0.29, 0.717) is 13.1 Å². The van der Waals surface area contributed by atoms with Crippen molar-refractivity contribution in [2.24, 2.45) is 0 Å². The summed E-state index contributed by atoms with van der Waals surface area (Å²) in [6.07, 6.45) is 7.05. The number of nitrogens with zero attached hydrogens (tertiary/aromatic N) is 2. The van der Waals surface area contributed by atoms with Crippen molar-refractivity contribution in [1.29, 1.82) is 0 Å². The van der Waals surface area contributed by atoms with Crippen molar-refractivity contribution in [3.63, 3.8) is 0 Å². The van der Waals surface area contributed by atoms with Crippen molar-refractivity contribution in [1.82, 2.24) is 9.80 Å². The smallest absolute Gasteiger partial charge is 0.323 e. The Balaban J connectivity index is 2.06. The first-order chi connectivity index (χ1) is 9.08. The zero-order valence-corrected chi connectivity index (χ0v) is 11.5. The van der Waals surface area contributed by atoms with E-state index in [1.807, 2.05) is 6.92 Å². The maximum Gasteiger partial charge on any atom is 0.323 e. The number of carboxylic acids is 1. The van der Waals surface area contributed by atoms with Crippen LogP contribution in [0.4, 0.5) is 4.79 Å². The van der Waals surface area contributed by atoms with Gasteiger partial charge in [0, 0.05) is 19.1 Å². The van der Waals surface area contributed by atoms with Gasteiger partial charge in [0.1, 0.15) is 6.54 Å². The molecule has 0 aromatic heterocycles. The van der Waals surface area contributed by atoms with Gasteiger partial charge < -0.3 is 14.9 Å². The highest BCUT2D eigenvalue weighted by Crippen LogP contribution is 2.25. The lowest BCUT2D eigenvalue weighted by Gasteiger charge is -2.35. The van der Waals surface area contributed by atoms with Crippen LogP contribution in [0.5, 0.6) is 0 Å². The highest BCUT2D eigenvalue weighted by molar-refractivity contribution is 5.80. The molecule has 1 saturated carbocycles. The van der Waals surface area contributed by atoms with E-state index in [1.165, 1.54) is 5.57 Å². The number of urea groups is 1. The number of carbonyl (C=O) groups is 2. The van der Waals surface area contributed by atoms with Crippen LogP contribution < -0.4 is 0 Å². The summed E-state index contributed by atoms with van der Waals surface area (Å²) in [5.41, 5.74) is 1.18. The van der Waals surface area contributed by atoms with E-state index in [-0.39, 0.29) is 18.6 Å². The lowest BCUT2D eigenvalue weighted by molar-refractivity contribution is -0.138. The van der Waals surface area contributed by atoms with E-state index in [1.54, 1.807) is 9.80 Å². The van der Waals surface area contributed by atoms with Crippen molar-refractivity contribution in [3.8, 4) is 0 Å². The van der Waals surface area contributed by atoms with Gasteiger partial charge in [-0.2, -0.15) is 0 Å². The molecule has 0 saturated heterocycles. The van der Waals surface area contributed by atoms with E-state index in [9.17, 15) is 9.59 Å². The molecule has 0 radical (unpaired) electrons. The molecule has 2 amide bonds. The Kier molecular flexibility index (Phi) is 4.45. The van der Waals surface area contributed by atoms with E-state index in [4.69, 9.17) is 5.11 Å². The molecule has 5 heteroatoms. The van der Waals surface area contributed by atoms with Gasteiger partial charge in [-0.1, -0.05) is 24.5 Å². The molecule has 19 heavy (non-hydrogen) atoms. The molecule has 2 aliphatic rings. The molecule has 106 valence electrons. The Morgan fingerprint density at radius 3 is 2.68 bits per heavy atom. The minimum atomic E-state index is -0.926. The van der Waals surface area contributed by atoms with Crippen molar-refractivity contribution >= 4 is 12.0 Å². The predicted octanol–water partition coefficient (Wildman–Crippen LogP) is 2.09. The zero-order chi connectivity index (χ0) is 13.8. The van der Waals surface area contributed by atoms with Crippen LogP contribution in [0, 0.1) is 0 Å². The van der Waals surface area contributed by atoms with E-state index in [2.05, 4.69) is 6.08 Å². The molecule has 1 N–H and O–H groups in total. The topological polar surface area (TPSA) is 60.9 Å².